The van der Waals surface area contributed by atoms with E-state index in [1.807, 2.05) is 0 Å². The van der Waals surface area contributed by atoms with Crippen molar-refractivity contribution >= 4 is 12.0 Å². The third kappa shape index (κ3) is 3.61. The van der Waals surface area contributed by atoms with E-state index in [9.17, 15) is 14.7 Å². The summed E-state index contributed by atoms with van der Waals surface area (Å²) in [6, 6.07) is -0.323. The second-order valence-electron chi connectivity index (χ2n) is 5.93. The fraction of sp³-hybridized carbons (Fsp3) is 0.857. The zero-order valence-corrected chi connectivity index (χ0v) is 11.4. The zero-order chi connectivity index (χ0) is 13.7. The molecule has 2 rings (SSSR count). The monoisotopic (exact) mass is 268 g/mol. The molecule has 2 fully saturated rings. The molecule has 19 heavy (non-hydrogen) atoms. The van der Waals surface area contributed by atoms with Crippen LogP contribution in [-0.2, 0) is 4.79 Å². The molecule has 0 heterocycles. The van der Waals surface area contributed by atoms with Gasteiger partial charge in [0.15, 0.2) is 0 Å². The Morgan fingerprint density at radius 3 is 2.16 bits per heavy atom. The summed E-state index contributed by atoms with van der Waals surface area (Å²) in [6.45, 7) is 0.668. The Labute approximate surface area is 114 Å². The molecule has 0 radical (unpaired) electrons. The van der Waals surface area contributed by atoms with Crippen molar-refractivity contribution < 1.29 is 14.7 Å². The highest BCUT2D eigenvalue weighted by Crippen LogP contribution is 2.28. The van der Waals surface area contributed by atoms with Crippen LogP contribution in [0.1, 0.15) is 57.8 Å². The molecule has 2 aliphatic rings. The van der Waals surface area contributed by atoms with Crippen LogP contribution in [0.2, 0.25) is 0 Å². The van der Waals surface area contributed by atoms with Crippen LogP contribution in [0, 0.1) is 5.92 Å². The number of carboxylic acid groups (broad SMARTS) is 1. The van der Waals surface area contributed by atoms with E-state index in [4.69, 9.17) is 0 Å². The maximum absolute atomic E-state index is 11.9. The molecule has 5 nitrogen and oxygen atoms in total. The SMILES string of the molecule is O=C(NCC1CCC1)NC1(C(=O)O)CCCCCC1. The molecule has 0 atom stereocenters. The standard InChI is InChI=1S/C14H24N2O3/c17-12(18)14(8-3-1-2-4-9-14)16-13(19)15-10-11-6-5-7-11/h11H,1-10H2,(H,17,18)(H2,15,16,19). The number of hydrogen-bond donors (Lipinski definition) is 3. The fourth-order valence-corrected chi connectivity index (χ4v) is 2.92. The zero-order valence-electron chi connectivity index (χ0n) is 11.4. The summed E-state index contributed by atoms with van der Waals surface area (Å²) >= 11 is 0. The lowest BCUT2D eigenvalue weighted by atomic mass is 9.85. The number of amides is 2. The second-order valence-corrected chi connectivity index (χ2v) is 5.93. The Balaban J connectivity index is 1.87. The van der Waals surface area contributed by atoms with Crippen LogP contribution in [0.5, 0.6) is 0 Å². The number of nitrogens with one attached hydrogen (secondary N) is 2. The van der Waals surface area contributed by atoms with Crippen LogP contribution >= 0.6 is 0 Å². The highest BCUT2D eigenvalue weighted by Gasteiger charge is 2.40. The van der Waals surface area contributed by atoms with Crippen LogP contribution in [0.4, 0.5) is 4.79 Å². The van der Waals surface area contributed by atoms with Crippen molar-refractivity contribution in [3.05, 3.63) is 0 Å². The van der Waals surface area contributed by atoms with Crippen molar-refractivity contribution in [3.8, 4) is 0 Å². The molecule has 0 aromatic carbocycles. The molecule has 5 heteroatoms. The van der Waals surface area contributed by atoms with E-state index in [1.54, 1.807) is 0 Å². The Morgan fingerprint density at radius 1 is 1.05 bits per heavy atom. The highest BCUT2D eigenvalue weighted by atomic mass is 16.4. The van der Waals surface area contributed by atoms with Gasteiger partial charge in [-0.05, 0) is 31.6 Å². The first-order valence-electron chi connectivity index (χ1n) is 7.42. The number of rotatable bonds is 4. The Hall–Kier alpha value is -1.26. The lowest BCUT2D eigenvalue weighted by Gasteiger charge is -2.30. The van der Waals surface area contributed by atoms with E-state index in [0.29, 0.717) is 25.3 Å². The average Bonchev–Trinajstić information content (AvgIpc) is 2.53. The lowest BCUT2D eigenvalue weighted by Crippen LogP contribution is -2.57. The predicted octanol–water partition coefficient (Wildman–Crippen LogP) is 2.26. The van der Waals surface area contributed by atoms with Gasteiger partial charge in [-0.1, -0.05) is 32.1 Å². The first-order valence-corrected chi connectivity index (χ1v) is 7.42. The van der Waals surface area contributed by atoms with Crippen LogP contribution < -0.4 is 10.6 Å². The summed E-state index contributed by atoms with van der Waals surface area (Å²) in [7, 11) is 0. The molecule has 3 N–H and O–H groups in total. The van der Waals surface area contributed by atoms with Gasteiger partial charge in [-0.2, -0.15) is 0 Å². The normalized spacial score (nSPS) is 22.9. The molecule has 2 aliphatic carbocycles. The number of urea groups is 1. The average molecular weight is 268 g/mol. The van der Waals surface area contributed by atoms with Crippen molar-refractivity contribution in [2.45, 2.75) is 63.3 Å². The van der Waals surface area contributed by atoms with Gasteiger partial charge in [-0.15, -0.1) is 0 Å². The van der Waals surface area contributed by atoms with Crippen LogP contribution in [0.15, 0.2) is 0 Å². The molecule has 2 saturated carbocycles. The van der Waals surface area contributed by atoms with Gasteiger partial charge in [0.25, 0.3) is 0 Å². The van der Waals surface area contributed by atoms with Crippen molar-refractivity contribution in [2.24, 2.45) is 5.92 Å². The maximum atomic E-state index is 11.9. The molecule has 0 bridgehead atoms. The lowest BCUT2D eigenvalue weighted by molar-refractivity contribution is -0.145. The minimum Gasteiger partial charge on any atom is -0.480 e. The van der Waals surface area contributed by atoms with Crippen LogP contribution in [0.3, 0.4) is 0 Å². The Kier molecular flexibility index (Phi) is 4.66. The molecule has 0 saturated heterocycles. The summed E-state index contributed by atoms with van der Waals surface area (Å²) in [5, 5.41) is 15.0. The summed E-state index contributed by atoms with van der Waals surface area (Å²) in [4.78, 5) is 23.4. The molecule has 0 aliphatic heterocycles. The van der Waals surface area contributed by atoms with Gasteiger partial charge >= 0.3 is 12.0 Å². The highest BCUT2D eigenvalue weighted by molar-refractivity contribution is 5.86. The Morgan fingerprint density at radius 2 is 1.68 bits per heavy atom. The third-order valence-corrected chi connectivity index (χ3v) is 4.50. The number of aliphatic carboxylic acids is 1. The summed E-state index contributed by atoms with van der Waals surface area (Å²) in [5.41, 5.74) is -1.06. The van der Waals surface area contributed by atoms with Crippen LogP contribution in [0.25, 0.3) is 0 Å². The summed E-state index contributed by atoms with van der Waals surface area (Å²) in [6.07, 6.45) is 8.52. The van der Waals surface area contributed by atoms with Gasteiger partial charge in [0.05, 0.1) is 0 Å². The number of carbonyl (C=O) groups is 2. The van der Waals surface area contributed by atoms with E-state index in [-0.39, 0.29) is 6.03 Å². The predicted molar refractivity (Wildman–Crippen MR) is 71.9 cm³/mol. The van der Waals surface area contributed by atoms with Crippen molar-refractivity contribution in [2.75, 3.05) is 6.54 Å². The van der Waals surface area contributed by atoms with Gasteiger partial charge in [0.2, 0.25) is 0 Å². The number of hydrogen-bond acceptors (Lipinski definition) is 2. The minimum absolute atomic E-state index is 0.323. The van der Waals surface area contributed by atoms with E-state index >= 15 is 0 Å². The molecular formula is C14H24N2O3. The van der Waals surface area contributed by atoms with Crippen LogP contribution in [-0.4, -0.2) is 29.2 Å². The Bertz CT molecular complexity index is 332. The van der Waals surface area contributed by atoms with Gasteiger partial charge in [-0.3, -0.25) is 0 Å². The quantitative estimate of drug-likeness (QED) is 0.684. The van der Waals surface area contributed by atoms with Gasteiger partial charge < -0.3 is 15.7 Å². The molecule has 108 valence electrons. The number of carbonyl (C=O) groups excluding carboxylic acids is 1. The first-order chi connectivity index (χ1) is 9.12. The van der Waals surface area contributed by atoms with Gasteiger partial charge in [0.1, 0.15) is 5.54 Å². The van der Waals surface area contributed by atoms with Gasteiger partial charge in [-0.25, -0.2) is 9.59 Å². The molecule has 0 unspecified atom stereocenters. The maximum Gasteiger partial charge on any atom is 0.329 e. The summed E-state index contributed by atoms with van der Waals surface area (Å²) < 4.78 is 0. The largest absolute Gasteiger partial charge is 0.480 e. The molecule has 2 amide bonds. The number of carboxylic acids is 1. The third-order valence-electron chi connectivity index (χ3n) is 4.50. The van der Waals surface area contributed by atoms with Gasteiger partial charge in [0, 0.05) is 6.54 Å². The molecule has 0 aromatic heterocycles. The first kappa shape index (κ1) is 14.2. The van der Waals surface area contributed by atoms with E-state index in [0.717, 1.165) is 25.7 Å². The fourth-order valence-electron chi connectivity index (χ4n) is 2.92. The van der Waals surface area contributed by atoms with Crippen molar-refractivity contribution in [1.82, 2.24) is 10.6 Å². The molecular weight excluding hydrogens is 244 g/mol. The summed E-state index contributed by atoms with van der Waals surface area (Å²) in [5.74, 6) is -0.311. The topological polar surface area (TPSA) is 78.4 Å². The minimum atomic E-state index is -1.06. The van der Waals surface area contributed by atoms with E-state index in [2.05, 4.69) is 10.6 Å². The van der Waals surface area contributed by atoms with Crippen molar-refractivity contribution in [1.29, 1.82) is 0 Å². The van der Waals surface area contributed by atoms with Crippen molar-refractivity contribution in [3.63, 3.8) is 0 Å². The van der Waals surface area contributed by atoms with E-state index in [1.165, 1.54) is 19.3 Å². The van der Waals surface area contributed by atoms with E-state index < -0.39 is 11.5 Å². The second kappa shape index (κ2) is 6.26. The smallest absolute Gasteiger partial charge is 0.329 e. The molecule has 0 aromatic rings. The molecule has 0 spiro atoms.